The van der Waals surface area contributed by atoms with Crippen molar-refractivity contribution in [1.29, 1.82) is 0 Å². The molecular formula is C19H28N2O3. The normalized spacial score (nSPS) is 22.2. The Morgan fingerprint density at radius 1 is 1.17 bits per heavy atom. The highest BCUT2D eigenvalue weighted by Gasteiger charge is 2.33. The Morgan fingerprint density at radius 3 is 2.50 bits per heavy atom. The summed E-state index contributed by atoms with van der Waals surface area (Å²) in [6.45, 7) is 2.55. The summed E-state index contributed by atoms with van der Waals surface area (Å²) in [5.41, 5.74) is -0.180. The van der Waals surface area contributed by atoms with E-state index in [1.165, 1.54) is 12.5 Å². The van der Waals surface area contributed by atoms with Gasteiger partial charge in [-0.05, 0) is 37.8 Å². The van der Waals surface area contributed by atoms with Crippen LogP contribution in [-0.2, 0) is 0 Å². The highest BCUT2D eigenvalue weighted by atomic mass is 16.3. The Labute approximate surface area is 143 Å². The number of hydrogen-bond acceptors (Lipinski definition) is 4. The molecule has 0 bridgehead atoms. The van der Waals surface area contributed by atoms with E-state index in [1.54, 1.807) is 18.2 Å². The summed E-state index contributed by atoms with van der Waals surface area (Å²) < 4.78 is 0. The molecule has 0 unspecified atom stereocenters. The van der Waals surface area contributed by atoms with Crippen molar-refractivity contribution in [3.8, 4) is 5.75 Å². The van der Waals surface area contributed by atoms with E-state index < -0.39 is 5.60 Å². The first-order chi connectivity index (χ1) is 11.6. The predicted octanol–water partition coefficient (Wildman–Crippen LogP) is 2.28. The maximum absolute atomic E-state index is 12.3. The number of para-hydroxylation sites is 1. The molecule has 132 valence electrons. The van der Waals surface area contributed by atoms with Gasteiger partial charge >= 0.3 is 0 Å². The third-order valence-corrected chi connectivity index (χ3v) is 5.37. The van der Waals surface area contributed by atoms with E-state index in [9.17, 15) is 15.0 Å². The SMILES string of the molecule is O=C(NC1CCN(CC2(O)CCCCC2)CC1)c1ccccc1O. The van der Waals surface area contributed by atoms with Crippen LogP contribution in [-0.4, -0.2) is 52.3 Å². The van der Waals surface area contributed by atoms with Crippen LogP contribution in [0.4, 0.5) is 0 Å². The molecule has 5 nitrogen and oxygen atoms in total. The summed E-state index contributed by atoms with van der Waals surface area (Å²) >= 11 is 0. The third kappa shape index (κ3) is 4.28. The molecule has 1 aromatic carbocycles. The van der Waals surface area contributed by atoms with Gasteiger partial charge in [-0.15, -0.1) is 0 Å². The van der Waals surface area contributed by atoms with Gasteiger partial charge in [0.15, 0.2) is 0 Å². The second-order valence-electron chi connectivity index (χ2n) is 7.33. The van der Waals surface area contributed by atoms with Crippen molar-refractivity contribution in [3.63, 3.8) is 0 Å². The van der Waals surface area contributed by atoms with Crippen LogP contribution < -0.4 is 5.32 Å². The lowest BCUT2D eigenvalue weighted by atomic mass is 9.84. The summed E-state index contributed by atoms with van der Waals surface area (Å²) in [6.07, 6.45) is 7.09. The number of carbonyl (C=O) groups is 1. The molecule has 1 saturated heterocycles. The fraction of sp³-hybridized carbons (Fsp3) is 0.632. The predicted molar refractivity (Wildman–Crippen MR) is 93.1 cm³/mol. The first-order valence-electron chi connectivity index (χ1n) is 9.09. The molecular weight excluding hydrogens is 304 g/mol. The number of nitrogens with zero attached hydrogens (tertiary/aromatic N) is 1. The zero-order valence-electron chi connectivity index (χ0n) is 14.2. The smallest absolute Gasteiger partial charge is 0.255 e. The van der Waals surface area contributed by atoms with Gasteiger partial charge in [-0.3, -0.25) is 4.79 Å². The van der Waals surface area contributed by atoms with Gasteiger partial charge in [-0.1, -0.05) is 31.4 Å². The number of amides is 1. The van der Waals surface area contributed by atoms with Gasteiger partial charge < -0.3 is 20.4 Å². The van der Waals surface area contributed by atoms with Crippen LogP contribution in [0.15, 0.2) is 24.3 Å². The van der Waals surface area contributed by atoms with Crippen molar-refractivity contribution >= 4 is 5.91 Å². The van der Waals surface area contributed by atoms with Crippen LogP contribution in [0.3, 0.4) is 0 Å². The monoisotopic (exact) mass is 332 g/mol. The number of hydrogen-bond donors (Lipinski definition) is 3. The third-order valence-electron chi connectivity index (χ3n) is 5.37. The summed E-state index contributed by atoms with van der Waals surface area (Å²) in [6, 6.07) is 6.76. The van der Waals surface area contributed by atoms with Crippen LogP contribution in [0.5, 0.6) is 5.75 Å². The molecule has 3 N–H and O–H groups in total. The summed E-state index contributed by atoms with van der Waals surface area (Å²) in [4.78, 5) is 14.6. The molecule has 0 atom stereocenters. The molecule has 1 saturated carbocycles. The lowest BCUT2D eigenvalue weighted by Crippen LogP contribution is -2.50. The number of piperidine rings is 1. The molecule has 2 aliphatic rings. The zero-order chi connectivity index (χ0) is 17.0. The first-order valence-corrected chi connectivity index (χ1v) is 9.09. The summed E-state index contributed by atoms with van der Waals surface area (Å²) in [7, 11) is 0. The maximum atomic E-state index is 12.3. The molecule has 2 fully saturated rings. The number of aromatic hydroxyl groups is 1. The van der Waals surface area contributed by atoms with Crippen molar-refractivity contribution in [2.24, 2.45) is 0 Å². The molecule has 1 amide bonds. The quantitative estimate of drug-likeness (QED) is 0.791. The summed E-state index contributed by atoms with van der Waals surface area (Å²) in [5.74, 6) is -0.190. The Kier molecular flexibility index (Phi) is 5.41. The second kappa shape index (κ2) is 7.53. The van der Waals surface area contributed by atoms with Gasteiger partial charge in [0.05, 0.1) is 11.2 Å². The van der Waals surface area contributed by atoms with Crippen LogP contribution >= 0.6 is 0 Å². The fourth-order valence-electron chi connectivity index (χ4n) is 3.95. The van der Waals surface area contributed by atoms with E-state index >= 15 is 0 Å². The minimum Gasteiger partial charge on any atom is -0.507 e. The van der Waals surface area contributed by atoms with E-state index in [0.717, 1.165) is 58.2 Å². The van der Waals surface area contributed by atoms with Gasteiger partial charge in [-0.2, -0.15) is 0 Å². The Balaban J connectivity index is 1.47. The molecule has 0 radical (unpaired) electrons. The number of phenolic OH excluding ortho intramolecular Hbond substituents is 1. The minimum atomic E-state index is -0.510. The molecule has 1 aromatic rings. The number of rotatable bonds is 4. The number of nitrogens with one attached hydrogen (secondary N) is 1. The first kappa shape index (κ1) is 17.2. The highest BCUT2D eigenvalue weighted by Crippen LogP contribution is 2.29. The van der Waals surface area contributed by atoms with Crippen molar-refractivity contribution in [3.05, 3.63) is 29.8 Å². The largest absolute Gasteiger partial charge is 0.507 e. The topological polar surface area (TPSA) is 72.8 Å². The van der Waals surface area contributed by atoms with Gasteiger partial charge in [0.25, 0.3) is 5.91 Å². The van der Waals surface area contributed by atoms with Crippen LogP contribution in [0.25, 0.3) is 0 Å². The number of benzene rings is 1. The van der Waals surface area contributed by atoms with E-state index in [2.05, 4.69) is 10.2 Å². The Hall–Kier alpha value is -1.59. The Bertz CT molecular complexity index is 561. The van der Waals surface area contributed by atoms with Crippen LogP contribution in [0.1, 0.15) is 55.3 Å². The Morgan fingerprint density at radius 2 is 1.83 bits per heavy atom. The van der Waals surface area contributed by atoms with E-state index in [0.29, 0.717) is 5.56 Å². The van der Waals surface area contributed by atoms with Crippen molar-refractivity contribution < 1.29 is 15.0 Å². The van der Waals surface area contributed by atoms with Crippen molar-refractivity contribution in [2.45, 2.75) is 56.6 Å². The average Bonchev–Trinajstić information content (AvgIpc) is 2.57. The number of aliphatic hydroxyl groups is 1. The molecule has 5 heteroatoms. The van der Waals surface area contributed by atoms with E-state index in [-0.39, 0.29) is 17.7 Å². The van der Waals surface area contributed by atoms with Crippen LogP contribution in [0, 0.1) is 0 Å². The molecule has 0 spiro atoms. The molecule has 24 heavy (non-hydrogen) atoms. The molecule has 3 rings (SSSR count). The number of β-amino-alcohol motifs (C(OH)–C–C–N with tert-alkyl or cyclic N) is 1. The van der Waals surface area contributed by atoms with Crippen molar-refractivity contribution in [1.82, 2.24) is 10.2 Å². The van der Waals surface area contributed by atoms with E-state index in [1.807, 2.05) is 0 Å². The average molecular weight is 332 g/mol. The molecule has 0 aromatic heterocycles. The maximum Gasteiger partial charge on any atom is 0.255 e. The van der Waals surface area contributed by atoms with Gasteiger partial charge in [0, 0.05) is 25.7 Å². The van der Waals surface area contributed by atoms with Crippen LogP contribution in [0.2, 0.25) is 0 Å². The van der Waals surface area contributed by atoms with Crippen molar-refractivity contribution in [2.75, 3.05) is 19.6 Å². The highest BCUT2D eigenvalue weighted by molar-refractivity contribution is 5.96. The number of likely N-dealkylation sites (tertiary alicyclic amines) is 1. The second-order valence-corrected chi connectivity index (χ2v) is 7.33. The van der Waals surface area contributed by atoms with E-state index in [4.69, 9.17) is 0 Å². The number of phenols is 1. The zero-order valence-corrected chi connectivity index (χ0v) is 14.2. The lowest BCUT2D eigenvalue weighted by Gasteiger charge is -2.40. The van der Waals surface area contributed by atoms with Gasteiger partial charge in [-0.25, -0.2) is 0 Å². The fourth-order valence-corrected chi connectivity index (χ4v) is 3.95. The lowest BCUT2D eigenvalue weighted by molar-refractivity contribution is -0.0312. The minimum absolute atomic E-state index is 0.0203. The van der Waals surface area contributed by atoms with Gasteiger partial charge in [0.1, 0.15) is 5.75 Å². The summed E-state index contributed by atoms with van der Waals surface area (Å²) in [5, 5.41) is 23.5. The molecule has 1 heterocycles. The van der Waals surface area contributed by atoms with Gasteiger partial charge in [0.2, 0.25) is 0 Å². The molecule has 1 aliphatic heterocycles. The standard InChI is InChI=1S/C19H28N2O3/c22-17-7-3-2-6-16(17)18(23)20-15-8-12-21(13-9-15)14-19(24)10-4-1-5-11-19/h2-3,6-7,15,22,24H,1,4-5,8-14H2,(H,20,23). The number of carbonyl (C=O) groups excluding carboxylic acids is 1. The molecule has 1 aliphatic carbocycles.